The third kappa shape index (κ3) is 1.53. The van der Waals surface area contributed by atoms with Gasteiger partial charge in [-0.2, -0.15) is 0 Å². The van der Waals surface area contributed by atoms with Crippen molar-refractivity contribution in [3.05, 3.63) is 23.0 Å². The van der Waals surface area contributed by atoms with Gasteiger partial charge < -0.3 is 10.3 Å². The van der Waals surface area contributed by atoms with Crippen molar-refractivity contribution in [2.45, 2.75) is 56.9 Å². The third-order valence-electron chi connectivity index (χ3n) is 6.47. The molecule has 4 aliphatic carbocycles. The van der Waals surface area contributed by atoms with Gasteiger partial charge in [0.15, 0.2) is 0 Å². The van der Waals surface area contributed by atoms with E-state index < -0.39 is 0 Å². The lowest BCUT2D eigenvalue weighted by Crippen LogP contribution is -2.48. The molecule has 0 unspecified atom stereocenters. The maximum absolute atomic E-state index is 3.83. The van der Waals surface area contributed by atoms with E-state index in [1.807, 2.05) is 0 Å². The molecule has 4 bridgehead atoms. The average Bonchev–Trinajstić information content (AvgIpc) is 2.81. The van der Waals surface area contributed by atoms with Gasteiger partial charge in [-0.05, 0) is 80.9 Å². The molecular weight excluding hydrogens is 232 g/mol. The molecule has 0 spiro atoms. The summed E-state index contributed by atoms with van der Waals surface area (Å²) in [7, 11) is 0. The summed E-state index contributed by atoms with van der Waals surface area (Å²) in [6, 6.07) is 2.54. The molecule has 4 saturated carbocycles. The fourth-order valence-electron chi connectivity index (χ4n) is 6.08. The lowest BCUT2D eigenvalue weighted by atomic mass is 9.49. The Hall–Kier alpha value is -0.760. The van der Waals surface area contributed by atoms with Crippen LogP contribution in [0.4, 0.5) is 0 Å². The molecule has 102 valence electrons. The molecule has 1 aromatic heterocycles. The zero-order valence-electron chi connectivity index (χ0n) is 11.7. The van der Waals surface area contributed by atoms with Crippen LogP contribution in [0.25, 0.3) is 0 Å². The van der Waals surface area contributed by atoms with E-state index in [0.29, 0.717) is 5.41 Å². The van der Waals surface area contributed by atoms with E-state index in [9.17, 15) is 0 Å². The zero-order chi connectivity index (χ0) is 12.4. The van der Waals surface area contributed by atoms with Gasteiger partial charge in [0.2, 0.25) is 0 Å². The molecule has 2 N–H and O–H groups in total. The van der Waals surface area contributed by atoms with Gasteiger partial charge in [0, 0.05) is 23.3 Å². The maximum atomic E-state index is 3.83. The van der Waals surface area contributed by atoms with Gasteiger partial charge in [0.05, 0.1) is 0 Å². The SMILES string of the molecule is c1c(C23CC4CC(CC(C4)C2)C3)[nH]c2c1CCNC2. The fourth-order valence-corrected chi connectivity index (χ4v) is 6.08. The van der Waals surface area contributed by atoms with E-state index >= 15 is 0 Å². The molecule has 1 aliphatic heterocycles. The highest BCUT2D eigenvalue weighted by Crippen LogP contribution is 2.60. The van der Waals surface area contributed by atoms with Crippen molar-refractivity contribution in [1.82, 2.24) is 10.3 Å². The Morgan fingerprint density at radius 1 is 1.00 bits per heavy atom. The molecule has 2 heteroatoms. The lowest BCUT2D eigenvalue weighted by molar-refractivity contribution is -0.00702. The standard InChI is InChI=1S/C17H24N2/c1-2-18-10-15-14(1)6-16(19-15)17-7-11-3-12(8-17)5-13(4-11)9-17/h6,11-13,18-19H,1-5,7-10H2. The monoisotopic (exact) mass is 256 g/mol. The normalized spacial score (nSPS) is 43.5. The number of aromatic amines is 1. The van der Waals surface area contributed by atoms with Gasteiger partial charge in [-0.3, -0.25) is 0 Å². The Morgan fingerprint density at radius 2 is 1.68 bits per heavy atom. The molecule has 0 radical (unpaired) electrons. The van der Waals surface area contributed by atoms with E-state index in [2.05, 4.69) is 16.4 Å². The Kier molecular flexibility index (Phi) is 2.11. The quantitative estimate of drug-likeness (QED) is 0.794. The summed E-state index contributed by atoms with van der Waals surface area (Å²) < 4.78 is 0. The van der Waals surface area contributed by atoms with E-state index in [0.717, 1.165) is 30.8 Å². The number of hydrogen-bond donors (Lipinski definition) is 2. The summed E-state index contributed by atoms with van der Waals surface area (Å²) in [5.74, 6) is 3.14. The molecule has 5 aliphatic rings. The van der Waals surface area contributed by atoms with Gasteiger partial charge in [-0.15, -0.1) is 0 Å². The van der Waals surface area contributed by atoms with Crippen molar-refractivity contribution in [2.24, 2.45) is 17.8 Å². The second kappa shape index (κ2) is 3.66. The van der Waals surface area contributed by atoms with Crippen LogP contribution in [-0.4, -0.2) is 11.5 Å². The highest BCUT2D eigenvalue weighted by Gasteiger charge is 2.52. The number of nitrogens with one attached hydrogen (secondary N) is 2. The van der Waals surface area contributed by atoms with E-state index in [4.69, 9.17) is 0 Å². The number of H-pyrrole nitrogens is 1. The Balaban J connectivity index is 1.56. The molecular formula is C17H24N2. The topological polar surface area (TPSA) is 27.8 Å². The molecule has 19 heavy (non-hydrogen) atoms. The number of aromatic nitrogens is 1. The van der Waals surface area contributed by atoms with Crippen LogP contribution in [0.15, 0.2) is 6.07 Å². The highest BCUT2D eigenvalue weighted by molar-refractivity contribution is 5.34. The second-order valence-corrected chi connectivity index (χ2v) is 7.81. The third-order valence-corrected chi connectivity index (χ3v) is 6.47. The molecule has 0 saturated heterocycles. The predicted octanol–water partition coefficient (Wildman–Crippen LogP) is 3.13. The second-order valence-electron chi connectivity index (χ2n) is 7.81. The van der Waals surface area contributed by atoms with Crippen molar-refractivity contribution in [1.29, 1.82) is 0 Å². The van der Waals surface area contributed by atoms with Crippen LogP contribution in [0, 0.1) is 17.8 Å². The number of hydrogen-bond acceptors (Lipinski definition) is 1. The van der Waals surface area contributed by atoms with E-state index in [1.165, 1.54) is 31.4 Å². The summed E-state index contributed by atoms with van der Waals surface area (Å²) in [6.07, 6.45) is 10.3. The first-order valence-electron chi connectivity index (χ1n) is 8.23. The van der Waals surface area contributed by atoms with E-state index in [-0.39, 0.29) is 0 Å². The van der Waals surface area contributed by atoms with Gasteiger partial charge in [-0.25, -0.2) is 0 Å². The Morgan fingerprint density at radius 3 is 2.32 bits per heavy atom. The summed E-state index contributed by atoms with van der Waals surface area (Å²) in [5, 5.41) is 3.50. The molecule has 2 nitrogen and oxygen atoms in total. The Bertz CT molecular complexity index is 455. The molecule has 0 atom stereocenters. The summed E-state index contributed by atoms with van der Waals surface area (Å²) in [6.45, 7) is 2.22. The van der Waals surface area contributed by atoms with Crippen molar-refractivity contribution in [3.8, 4) is 0 Å². The zero-order valence-corrected chi connectivity index (χ0v) is 11.7. The van der Waals surface area contributed by atoms with Gasteiger partial charge in [0.1, 0.15) is 0 Å². The summed E-state index contributed by atoms with van der Waals surface area (Å²) >= 11 is 0. The van der Waals surface area contributed by atoms with Crippen LogP contribution in [0.1, 0.15) is 55.5 Å². The van der Waals surface area contributed by atoms with Gasteiger partial charge >= 0.3 is 0 Å². The van der Waals surface area contributed by atoms with Crippen LogP contribution in [-0.2, 0) is 18.4 Å². The minimum atomic E-state index is 0.548. The van der Waals surface area contributed by atoms with Crippen molar-refractivity contribution >= 4 is 0 Å². The Labute approximate surface area is 115 Å². The molecule has 4 fully saturated rings. The number of fused-ring (bicyclic) bond motifs is 1. The van der Waals surface area contributed by atoms with E-state index in [1.54, 1.807) is 30.5 Å². The molecule has 1 aromatic rings. The van der Waals surface area contributed by atoms with Crippen LogP contribution in [0.5, 0.6) is 0 Å². The lowest BCUT2D eigenvalue weighted by Gasteiger charge is -2.56. The summed E-state index contributed by atoms with van der Waals surface area (Å²) in [5.41, 5.74) is 5.24. The molecule has 2 heterocycles. The predicted molar refractivity (Wildman–Crippen MR) is 76.1 cm³/mol. The highest BCUT2D eigenvalue weighted by atomic mass is 14.9. The maximum Gasteiger partial charge on any atom is 0.0360 e. The minimum absolute atomic E-state index is 0.548. The van der Waals surface area contributed by atoms with Crippen molar-refractivity contribution in [3.63, 3.8) is 0 Å². The summed E-state index contributed by atoms with van der Waals surface area (Å²) in [4.78, 5) is 3.83. The van der Waals surface area contributed by atoms with Crippen LogP contribution < -0.4 is 5.32 Å². The smallest absolute Gasteiger partial charge is 0.0360 e. The van der Waals surface area contributed by atoms with Gasteiger partial charge in [0.25, 0.3) is 0 Å². The molecule has 6 rings (SSSR count). The average molecular weight is 256 g/mol. The molecule has 0 aromatic carbocycles. The van der Waals surface area contributed by atoms with Crippen molar-refractivity contribution in [2.75, 3.05) is 6.54 Å². The van der Waals surface area contributed by atoms with Crippen molar-refractivity contribution < 1.29 is 0 Å². The van der Waals surface area contributed by atoms with Crippen LogP contribution in [0.3, 0.4) is 0 Å². The fraction of sp³-hybridized carbons (Fsp3) is 0.765. The largest absolute Gasteiger partial charge is 0.361 e. The first kappa shape index (κ1) is 11.0. The number of rotatable bonds is 1. The first-order chi connectivity index (χ1) is 9.31. The van der Waals surface area contributed by atoms with Gasteiger partial charge in [-0.1, -0.05) is 0 Å². The van der Waals surface area contributed by atoms with Crippen LogP contribution in [0.2, 0.25) is 0 Å². The first-order valence-corrected chi connectivity index (χ1v) is 8.23. The van der Waals surface area contributed by atoms with Crippen LogP contribution >= 0.6 is 0 Å². The minimum Gasteiger partial charge on any atom is -0.361 e. The molecule has 0 amide bonds.